The highest BCUT2D eigenvalue weighted by molar-refractivity contribution is 7.90. The molecule has 0 atom stereocenters. The number of rotatable bonds is 5. The molecule has 2 amide bonds. The fraction of sp³-hybridized carbons (Fsp3) is 0.125. The summed E-state index contributed by atoms with van der Waals surface area (Å²) >= 11 is 11.5. The molecule has 0 aromatic heterocycles. The number of nitrogens with zero attached hydrogens (tertiary/aromatic N) is 1. The topological polar surface area (TPSA) is 92.8 Å². The SMILES string of the molecule is COC(=O)CN(C(=O)NS(=O)(=O)c1ccc(Cl)cc1)c1ccc(Cl)cc1. The largest absolute Gasteiger partial charge is 0.468 e. The minimum atomic E-state index is -4.16. The molecule has 26 heavy (non-hydrogen) atoms. The zero-order valence-corrected chi connectivity index (χ0v) is 15.8. The maximum absolute atomic E-state index is 12.5. The van der Waals surface area contributed by atoms with Gasteiger partial charge in [-0.25, -0.2) is 17.9 Å². The number of methoxy groups -OCH3 is 1. The molecule has 0 fully saturated rings. The molecule has 0 unspecified atom stereocenters. The fourth-order valence-corrected chi connectivity index (χ4v) is 3.14. The third kappa shape index (κ3) is 5.10. The molecule has 0 radical (unpaired) electrons. The number of amides is 2. The van der Waals surface area contributed by atoms with Crippen molar-refractivity contribution >= 4 is 50.9 Å². The van der Waals surface area contributed by atoms with Crippen molar-refractivity contribution in [2.75, 3.05) is 18.6 Å². The summed E-state index contributed by atoms with van der Waals surface area (Å²) in [5.41, 5.74) is 0.267. The second kappa shape index (κ2) is 8.39. The van der Waals surface area contributed by atoms with Gasteiger partial charge in [0.1, 0.15) is 6.54 Å². The number of esters is 1. The Morgan fingerprint density at radius 1 is 1.00 bits per heavy atom. The second-order valence-electron chi connectivity index (χ2n) is 5.00. The highest BCUT2D eigenvalue weighted by Gasteiger charge is 2.25. The van der Waals surface area contributed by atoms with Gasteiger partial charge in [-0.1, -0.05) is 23.2 Å². The summed E-state index contributed by atoms with van der Waals surface area (Å²) in [5, 5.41) is 0.768. The molecule has 138 valence electrons. The maximum atomic E-state index is 12.5. The summed E-state index contributed by atoms with van der Waals surface area (Å²) in [5.74, 6) is -0.723. The van der Waals surface area contributed by atoms with E-state index in [-0.39, 0.29) is 10.6 Å². The van der Waals surface area contributed by atoms with Crippen LogP contribution in [-0.2, 0) is 19.6 Å². The van der Waals surface area contributed by atoms with E-state index in [0.717, 1.165) is 12.0 Å². The van der Waals surface area contributed by atoms with E-state index in [1.165, 1.54) is 48.5 Å². The Morgan fingerprint density at radius 3 is 2.00 bits per heavy atom. The van der Waals surface area contributed by atoms with Gasteiger partial charge in [-0.05, 0) is 48.5 Å². The lowest BCUT2D eigenvalue weighted by Crippen LogP contribution is -2.45. The van der Waals surface area contributed by atoms with Crippen molar-refractivity contribution in [3.05, 3.63) is 58.6 Å². The van der Waals surface area contributed by atoms with Gasteiger partial charge in [-0.3, -0.25) is 9.69 Å². The minimum Gasteiger partial charge on any atom is -0.468 e. The van der Waals surface area contributed by atoms with Crippen molar-refractivity contribution in [2.24, 2.45) is 0 Å². The smallest absolute Gasteiger partial charge is 0.336 e. The molecule has 2 aromatic rings. The highest BCUT2D eigenvalue weighted by atomic mass is 35.5. The van der Waals surface area contributed by atoms with Crippen molar-refractivity contribution in [1.82, 2.24) is 4.72 Å². The number of nitrogens with one attached hydrogen (secondary N) is 1. The van der Waals surface area contributed by atoms with E-state index in [1.54, 1.807) is 0 Å². The fourth-order valence-electron chi connectivity index (χ4n) is 1.94. The van der Waals surface area contributed by atoms with E-state index < -0.39 is 28.6 Å². The van der Waals surface area contributed by atoms with Gasteiger partial charge in [-0.15, -0.1) is 0 Å². The summed E-state index contributed by atoms with van der Waals surface area (Å²) in [6, 6.07) is 10.2. The van der Waals surface area contributed by atoms with E-state index in [4.69, 9.17) is 23.2 Å². The number of ether oxygens (including phenoxy) is 1. The molecular weight excluding hydrogens is 403 g/mol. The van der Waals surface area contributed by atoms with Gasteiger partial charge in [-0.2, -0.15) is 0 Å². The first-order valence-corrected chi connectivity index (χ1v) is 9.39. The van der Waals surface area contributed by atoms with Crippen molar-refractivity contribution in [2.45, 2.75) is 4.90 Å². The summed E-state index contributed by atoms with van der Waals surface area (Å²) in [6.45, 7) is -0.486. The summed E-state index contributed by atoms with van der Waals surface area (Å²) in [4.78, 5) is 24.9. The van der Waals surface area contributed by atoms with E-state index in [9.17, 15) is 18.0 Å². The average Bonchev–Trinajstić information content (AvgIpc) is 2.60. The predicted molar refractivity (Wildman–Crippen MR) is 98.0 cm³/mol. The van der Waals surface area contributed by atoms with Crippen molar-refractivity contribution in [3.63, 3.8) is 0 Å². The lowest BCUT2D eigenvalue weighted by Gasteiger charge is -2.22. The van der Waals surface area contributed by atoms with Crippen molar-refractivity contribution in [1.29, 1.82) is 0 Å². The molecule has 1 N–H and O–H groups in total. The number of carbonyl (C=O) groups excluding carboxylic acids is 2. The van der Waals surface area contributed by atoms with E-state index in [2.05, 4.69) is 4.74 Å². The molecule has 0 spiro atoms. The molecule has 2 rings (SSSR count). The van der Waals surface area contributed by atoms with E-state index >= 15 is 0 Å². The highest BCUT2D eigenvalue weighted by Crippen LogP contribution is 2.19. The molecule has 0 bridgehead atoms. The Hall–Kier alpha value is -2.29. The molecule has 10 heteroatoms. The minimum absolute atomic E-state index is 0.149. The molecule has 7 nitrogen and oxygen atoms in total. The zero-order valence-electron chi connectivity index (χ0n) is 13.5. The Labute approximate surface area is 160 Å². The van der Waals surface area contributed by atoms with E-state index in [1.807, 2.05) is 4.72 Å². The molecule has 0 aliphatic carbocycles. The van der Waals surface area contributed by atoms with Crippen molar-refractivity contribution < 1.29 is 22.7 Å². The normalized spacial score (nSPS) is 10.9. The number of carbonyl (C=O) groups is 2. The van der Waals surface area contributed by atoms with Crippen LogP contribution in [0.3, 0.4) is 0 Å². The molecule has 0 saturated heterocycles. The number of benzene rings is 2. The van der Waals surface area contributed by atoms with Crippen LogP contribution in [0.5, 0.6) is 0 Å². The monoisotopic (exact) mass is 416 g/mol. The first-order valence-electron chi connectivity index (χ1n) is 7.15. The number of sulfonamides is 1. The Balaban J connectivity index is 2.29. The molecule has 0 heterocycles. The van der Waals surface area contributed by atoms with Gasteiger partial charge >= 0.3 is 12.0 Å². The number of hydrogen-bond acceptors (Lipinski definition) is 5. The van der Waals surface area contributed by atoms with Crippen LogP contribution >= 0.6 is 23.2 Å². The van der Waals surface area contributed by atoms with Gasteiger partial charge in [0.25, 0.3) is 10.0 Å². The van der Waals surface area contributed by atoms with Crippen LogP contribution in [0.15, 0.2) is 53.4 Å². The third-order valence-electron chi connectivity index (χ3n) is 3.24. The van der Waals surface area contributed by atoms with Crippen LogP contribution in [-0.4, -0.2) is 34.1 Å². The standard InChI is InChI=1S/C16H14Cl2N2O5S/c1-25-15(21)10-20(13-6-2-11(17)3-7-13)16(22)19-26(23,24)14-8-4-12(18)5-9-14/h2-9H,10H2,1H3,(H,19,22). The van der Waals surface area contributed by atoms with Gasteiger partial charge in [0, 0.05) is 15.7 Å². The van der Waals surface area contributed by atoms with Crippen LogP contribution in [0.4, 0.5) is 10.5 Å². The van der Waals surface area contributed by atoms with Gasteiger partial charge in [0.2, 0.25) is 0 Å². The first-order chi connectivity index (χ1) is 12.2. The summed E-state index contributed by atoms with van der Waals surface area (Å²) in [6.07, 6.45) is 0. The molecular formula is C16H14Cl2N2O5S. The molecule has 2 aromatic carbocycles. The lowest BCUT2D eigenvalue weighted by molar-refractivity contribution is -0.138. The number of halogens is 2. The lowest BCUT2D eigenvalue weighted by atomic mass is 10.3. The van der Waals surface area contributed by atoms with Gasteiger partial charge in [0.15, 0.2) is 0 Å². The van der Waals surface area contributed by atoms with Gasteiger partial charge in [0.05, 0.1) is 12.0 Å². The number of anilines is 1. The number of hydrogen-bond donors (Lipinski definition) is 1. The first kappa shape index (κ1) is 20.0. The summed E-state index contributed by atoms with van der Waals surface area (Å²) < 4.78 is 31.2. The van der Waals surface area contributed by atoms with Crippen LogP contribution < -0.4 is 9.62 Å². The van der Waals surface area contributed by atoms with Gasteiger partial charge < -0.3 is 4.74 Å². The second-order valence-corrected chi connectivity index (χ2v) is 7.56. The molecule has 0 aliphatic heterocycles. The molecule has 0 saturated carbocycles. The average molecular weight is 417 g/mol. The van der Waals surface area contributed by atoms with Crippen LogP contribution in [0.1, 0.15) is 0 Å². The van der Waals surface area contributed by atoms with Crippen LogP contribution in [0.2, 0.25) is 10.0 Å². The maximum Gasteiger partial charge on any atom is 0.336 e. The predicted octanol–water partition coefficient (Wildman–Crippen LogP) is 3.07. The third-order valence-corrected chi connectivity index (χ3v) is 5.08. The Morgan fingerprint density at radius 2 is 1.50 bits per heavy atom. The van der Waals surface area contributed by atoms with Crippen molar-refractivity contribution in [3.8, 4) is 0 Å². The zero-order chi connectivity index (χ0) is 19.3. The summed E-state index contributed by atoms with van der Waals surface area (Å²) in [7, 11) is -3.00. The molecule has 0 aliphatic rings. The Bertz CT molecular complexity index is 899. The van der Waals surface area contributed by atoms with Crippen LogP contribution in [0.25, 0.3) is 0 Å². The quantitative estimate of drug-likeness (QED) is 0.755. The number of urea groups is 1. The Kier molecular flexibility index (Phi) is 6.47. The van der Waals surface area contributed by atoms with Crippen LogP contribution in [0, 0.1) is 0 Å². The van der Waals surface area contributed by atoms with E-state index in [0.29, 0.717) is 10.0 Å².